The van der Waals surface area contributed by atoms with Crippen molar-refractivity contribution in [1.29, 1.82) is 0 Å². The number of benzene rings is 1. The van der Waals surface area contributed by atoms with Crippen molar-refractivity contribution in [1.82, 2.24) is 5.32 Å². The molecule has 0 heterocycles. The van der Waals surface area contributed by atoms with E-state index in [0.29, 0.717) is 24.6 Å². The average Bonchev–Trinajstić information content (AvgIpc) is 2.84. The van der Waals surface area contributed by atoms with E-state index in [1.54, 1.807) is 0 Å². The van der Waals surface area contributed by atoms with E-state index in [1.165, 1.54) is 24.8 Å². The van der Waals surface area contributed by atoms with Gasteiger partial charge in [0.25, 0.3) is 0 Å². The number of aliphatic hydroxyl groups is 1. The standard InChI is InChI=1S/C15H23NO/c1-2-14(12-7-4-3-5-8-12)16-15-10-6-9-13(15)11-17/h3-5,7-8,13-17H,2,6,9-11H2,1H3. The Morgan fingerprint density at radius 2 is 2.06 bits per heavy atom. The van der Waals surface area contributed by atoms with Gasteiger partial charge in [-0.25, -0.2) is 0 Å². The van der Waals surface area contributed by atoms with E-state index in [9.17, 15) is 5.11 Å². The highest BCUT2D eigenvalue weighted by molar-refractivity contribution is 5.19. The fourth-order valence-corrected chi connectivity index (χ4v) is 2.87. The molecule has 17 heavy (non-hydrogen) atoms. The molecule has 0 saturated heterocycles. The number of hydrogen-bond donors (Lipinski definition) is 2. The summed E-state index contributed by atoms with van der Waals surface area (Å²) in [5.41, 5.74) is 1.36. The summed E-state index contributed by atoms with van der Waals surface area (Å²) in [5, 5.41) is 13.1. The van der Waals surface area contributed by atoms with E-state index in [0.717, 1.165) is 6.42 Å². The van der Waals surface area contributed by atoms with Crippen molar-refractivity contribution < 1.29 is 5.11 Å². The first kappa shape index (κ1) is 12.6. The van der Waals surface area contributed by atoms with Crippen molar-refractivity contribution in [3.05, 3.63) is 35.9 Å². The molecule has 1 aliphatic rings. The Morgan fingerprint density at radius 1 is 1.29 bits per heavy atom. The monoisotopic (exact) mass is 233 g/mol. The molecule has 0 radical (unpaired) electrons. The molecule has 2 heteroatoms. The van der Waals surface area contributed by atoms with Gasteiger partial charge in [0.1, 0.15) is 0 Å². The minimum Gasteiger partial charge on any atom is -0.396 e. The van der Waals surface area contributed by atoms with Crippen LogP contribution in [-0.4, -0.2) is 17.8 Å². The van der Waals surface area contributed by atoms with Crippen molar-refractivity contribution >= 4 is 0 Å². The zero-order valence-electron chi connectivity index (χ0n) is 10.6. The predicted molar refractivity (Wildman–Crippen MR) is 70.8 cm³/mol. The second-order valence-electron chi connectivity index (χ2n) is 5.02. The van der Waals surface area contributed by atoms with Crippen molar-refractivity contribution in [2.45, 2.75) is 44.7 Å². The molecular weight excluding hydrogens is 210 g/mol. The van der Waals surface area contributed by atoms with Crippen LogP contribution in [0.2, 0.25) is 0 Å². The molecule has 1 aliphatic carbocycles. The predicted octanol–water partition coefficient (Wildman–Crippen LogP) is 2.89. The van der Waals surface area contributed by atoms with E-state index in [-0.39, 0.29) is 0 Å². The minimum absolute atomic E-state index is 0.322. The third-order valence-corrected chi connectivity index (χ3v) is 3.92. The Balaban J connectivity index is 2.00. The van der Waals surface area contributed by atoms with Crippen molar-refractivity contribution in [3.8, 4) is 0 Å². The maximum absolute atomic E-state index is 9.35. The molecule has 2 nitrogen and oxygen atoms in total. The molecule has 0 amide bonds. The summed E-state index contributed by atoms with van der Waals surface area (Å²) in [6.45, 7) is 2.54. The Kier molecular flexibility index (Phi) is 4.57. The van der Waals surface area contributed by atoms with Gasteiger partial charge < -0.3 is 10.4 Å². The van der Waals surface area contributed by atoms with Crippen LogP contribution in [0.4, 0.5) is 0 Å². The number of rotatable bonds is 5. The second kappa shape index (κ2) is 6.18. The molecule has 1 aromatic carbocycles. The molecule has 94 valence electrons. The summed E-state index contributed by atoms with van der Waals surface area (Å²) in [4.78, 5) is 0. The summed E-state index contributed by atoms with van der Waals surface area (Å²) in [7, 11) is 0. The van der Waals surface area contributed by atoms with Gasteiger partial charge in [0.05, 0.1) is 0 Å². The molecule has 0 spiro atoms. The lowest BCUT2D eigenvalue weighted by atomic mass is 9.99. The molecule has 3 atom stereocenters. The summed E-state index contributed by atoms with van der Waals surface area (Å²) in [6.07, 6.45) is 4.71. The maximum Gasteiger partial charge on any atom is 0.0474 e. The van der Waals surface area contributed by atoms with Gasteiger partial charge in [-0.1, -0.05) is 43.7 Å². The third-order valence-electron chi connectivity index (χ3n) is 3.92. The Bertz CT molecular complexity index is 325. The van der Waals surface area contributed by atoms with E-state index in [4.69, 9.17) is 0 Å². The topological polar surface area (TPSA) is 32.3 Å². The lowest BCUT2D eigenvalue weighted by molar-refractivity contribution is 0.198. The Hall–Kier alpha value is -0.860. The van der Waals surface area contributed by atoms with Crippen LogP contribution in [0.3, 0.4) is 0 Å². The van der Waals surface area contributed by atoms with Gasteiger partial charge in [0.2, 0.25) is 0 Å². The molecule has 2 rings (SSSR count). The summed E-state index contributed by atoms with van der Waals surface area (Å²) >= 11 is 0. The van der Waals surface area contributed by atoms with Crippen LogP contribution < -0.4 is 5.32 Å². The first-order valence-electron chi connectivity index (χ1n) is 6.77. The highest BCUT2D eigenvalue weighted by Gasteiger charge is 2.28. The van der Waals surface area contributed by atoms with Gasteiger partial charge >= 0.3 is 0 Å². The summed E-state index contributed by atoms with van der Waals surface area (Å²) in [5.74, 6) is 0.452. The lowest BCUT2D eigenvalue weighted by Crippen LogP contribution is -2.36. The van der Waals surface area contributed by atoms with Crippen molar-refractivity contribution in [2.75, 3.05) is 6.61 Å². The smallest absolute Gasteiger partial charge is 0.0474 e. The average molecular weight is 233 g/mol. The maximum atomic E-state index is 9.35. The highest BCUT2D eigenvalue weighted by atomic mass is 16.3. The molecule has 0 aromatic heterocycles. The van der Waals surface area contributed by atoms with Crippen LogP contribution in [0.15, 0.2) is 30.3 Å². The van der Waals surface area contributed by atoms with Crippen molar-refractivity contribution in [3.63, 3.8) is 0 Å². The zero-order chi connectivity index (χ0) is 12.1. The van der Waals surface area contributed by atoms with Crippen molar-refractivity contribution in [2.24, 2.45) is 5.92 Å². The molecule has 2 N–H and O–H groups in total. The van der Waals surface area contributed by atoms with Gasteiger partial charge in [0.15, 0.2) is 0 Å². The van der Waals surface area contributed by atoms with E-state index in [1.807, 2.05) is 0 Å². The molecular formula is C15H23NO. The third kappa shape index (κ3) is 3.08. The van der Waals surface area contributed by atoms with Crippen LogP contribution in [0.25, 0.3) is 0 Å². The quantitative estimate of drug-likeness (QED) is 0.819. The first-order valence-corrected chi connectivity index (χ1v) is 6.77. The molecule has 1 fully saturated rings. The lowest BCUT2D eigenvalue weighted by Gasteiger charge is -2.26. The Morgan fingerprint density at radius 3 is 2.71 bits per heavy atom. The minimum atomic E-state index is 0.322. The van der Waals surface area contributed by atoms with Crippen LogP contribution in [0.1, 0.15) is 44.2 Å². The summed E-state index contributed by atoms with van der Waals surface area (Å²) in [6, 6.07) is 11.5. The fourth-order valence-electron chi connectivity index (χ4n) is 2.87. The first-order chi connectivity index (χ1) is 8.35. The fraction of sp³-hybridized carbons (Fsp3) is 0.600. The van der Waals surface area contributed by atoms with Crippen LogP contribution >= 0.6 is 0 Å². The van der Waals surface area contributed by atoms with Gasteiger partial charge in [-0.05, 0) is 30.7 Å². The van der Waals surface area contributed by atoms with E-state index in [2.05, 4.69) is 42.6 Å². The van der Waals surface area contributed by atoms with Crippen LogP contribution in [0.5, 0.6) is 0 Å². The highest BCUT2D eigenvalue weighted by Crippen LogP contribution is 2.28. The summed E-state index contributed by atoms with van der Waals surface area (Å²) < 4.78 is 0. The van der Waals surface area contributed by atoms with Gasteiger partial charge in [-0.15, -0.1) is 0 Å². The SMILES string of the molecule is CCC(NC1CCCC1CO)c1ccccc1. The molecule has 0 bridgehead atoms. The van der Waals surface area contributed by atoms with Gasteiger partial charge in [0, 0.05) is 18.7 Å². The number of hydrogen-bond acceptors (Lipinski definition) is 2. The molecule has 3 unspecified atom stereocenters. The number of nitrogens with one attached hydrogen (secondary N) is 1. The Labute approximate surface area is 104 Å². The largest absolute Gasteiger partial charge is 0.396 e. The van der Waals surface area contributed by atoms with Gasteiger partial charge in [-0.3, -0.25) is 0 Å². The molecule has 0 aliphatic heterocycles. The molecule has 1 saturated carbocycles. The zero-order valence-corrected chi connectivity index (χ0v) is 10.6. The van der Waals surface area contributed by atoms with Crippen LogP contribution in [0, 0.1) is 5.92 Å². The molecule has 1 aromatic rings. The normalized spacial score (nSPS) is 26.0. The second-order valence-corrected chi connectivity index (χ2v) is 5.02. The van der Waals surface area contributed by atoms with Crippen LogP contribution in [-0.2, 0) is 0 Å². The van der Waals surface area contributed by atoms with E-state index < -0.39 is 0 Å². The van der Waals surface area contributed by atoms with E-state index >= 15 is 0 Å². The van der Waals surface area contributed by atoms with Gasteiger partial charge in [-0.2, -0.15) is 0 Å². The number of aliphatic hydroxyl groups excluding tert-OH is 1.